The average molecular weight is 341 g/mol. The van der Waals surface area contributed by atoms with E-state index in [-0.39, 0.29) is 10.9 Å². The third-order valence-electron chi connectivity index (χ3n) is 4.70. The molecular weight excluding hydrogens is 320 g/mol. The molecule has 4 unspecified atom stereocenters. The molecule has 1 aliphatic heterocycles. The van der Waals surface area contributed by atoms with Crippen molar-refractivity contribution in [3.05, 3.63) is 11.8 Å². The van der Waals surface area contributed by atoms with Gasteiger partial charge in [-0.25, -0.2) is 0 Å². The Labute approximate surface area is 128 Å². The van der Waals surface area contributed by atoms with Crippen LogP contribution in [-0.4, -0.2) is 36.1 Å². The maximum absolute atomic E-state index is 12.3. The number of amidine groups is 1. The van der Waals surface area contributed by atoms with Crippen molar-refractivity contribution in [2.24, 2.45) is 16.8 Å². The smallest absolute Gasteiger partial charge is 0.168 e. The molecule has 0 bridgehead atoms. The maximum atomic E-state index is 12.3. The third-order valence-corrected chi connectivity index (χ3v) is 5.60. The van der Waals surface area contributed by atoms with E-state index >= 15 is 0 Å². The molecule has 0 saturated heterocycles. The monoisotopic (exact) mass is 340 g/mol. The summed E-state index contributed by atoms with van der Waals surface area (Å²) < 4.78 is 5.28. The number of nitrogens with zero attached hydrogens (tertiary/aromatic N) is 1. The molecule has 0 aromatic heterocycles. The number of hydrogen-bond donors (Lipinski definition) is 1. The minimum absolute atomic E-state index is 0.0157. The van der Waals surface area contributed by atoms with Crippen LogP contribution >= 0.6 is 15.9 Å². The summed E-state index contributed by atoms with van der Waals surface area (Å²) in [6.07, 6.45) is 7.14. The van der Waals surface area contributed by atoms with Gasteiger partial charge in [0, 0.05) is 24.8 Å². The van der Waals surface area contributed by atoms with Crippen molar-refractivity contribution in [2.45, 2.75) is 43.0 Å². The largest absolute Gasteiger partial charge is 0.501 e. The molecule has 1 N–H and O–H groups in total. The first-order valence-electron chi connectivity index (χ1n) is 7.40. The summed E-state index contributed by atoms with van der Waals surface area (Å²) in [4.78, 5) is 17.0. The molecule has 4 nitrogen and oxygen atoms in total. The van der Waals surface area contributed by atoms with Gasteiger partial charge in [-0.2, -0.15) is 0 Å². The molecule has 5 heteroatoms. The van der Waals surface area contributed by atoms with Gasteiger partial charge in [-0.3, -0.25) is 9.79 Å². The molecule has 110 valence electrons. The van der Waals surface area contributed by atoms with Crippen molar-refractivity contribution in [3.8, 4) is 0 Å². The molecule has 4 atom stereocenters. The molecule has 0 radical (unpaired) electrons. The Morgan fingerprint density at radius 2 is 2.25 bits per heavy atom. The SMILES string of the molecule is COC1=CCC(C2=NCC3CCC(Br)C(=O)C3N2)CC1. The van der Waals surface area contributed by atoms with Gasteiger partial charge in [0.15, 0.2) is 5.78 Å². The zero-order chi connectivity index (χ0) is 14.1. The number of ketones is 1. The molecule has 3 aliphatic rings. The van der Waals surface area contributed by atoms with E-state index in [9.17, 15) is 4.79 Å². The second-order valence-corrected chi connectivity index (χ2v) is 7.01. The summed E-state index contributed by atoms with van der Waals surface area (Å²) >= 11 is 3.49. The highest BCUT2D eigenvalue weighted by molar-refractivity contribution is 9.10. The molecule has 2 aliphatic carbocycles. The lowest BCUT2D eigenvalue weighted by Gasteiger charge is -2.38. The van der Waals surface area contributed by atoms with Crippen LogP contribution in [0.25, 0.3) is 0 Å². The number of aliphatic imine (C=N–C) groups is 1. The van der Waals surface area contributed by atoms with Gasteiger partial charge in [-0.1, -0.05) is 15.9 Å². The van der Waals surface area contributed by atoms with Crippen molar-refractivity contribution in [2.75, 3.05) is 13.7 Å². The zero-order valence-electron chi connectivity index (χ0n) is 11.8. The summed E-state index contributed by atoms with van der Waals surface area (Å²) in [5.41, 5.74) is 0. The van der Waals surface area contributed by atoms with Gasteiger partial charge in [0.25, 0.3) is 0 Å². The van der Waals surface area contributed by atoms with Crippen molar-refractivity contribution >= 4 is 27.5 Å². The number of rotatable bonds is 2. The fourth-order valence-electron chi connectivity index (χ4n) is 3.39. The van der Waals surface area contributed by atoms with Crippen LogP contribution in [0.4, 0.5) is 0 Å². The number of alkyl halides is 1. The highest BCUT2D eigenvalue weighted by Gasteiger charge is 2.40. The lowest BCUT2D eigenvalue weighted by atomic mass is 9.81. The van der Waals surface area contributed by atoms with Crippen LogP contribution in [-0.2, 0) is 9.53 Å². The Hall–Kier alpha value is -0.840. The van der Waals surface area contributed by atoms with Gasteiger partial charge >= 0.3 is 0 Å². The summed E-state index contributed by atoms with van der Waals surface area (Å²) in [6.45, 7) is 0.801. The van der Waals surface area contributed by atoms with Crippen LogP contribution in [0.3, 0.4) is 0 Å². The first-order chi connectivity index (χ1) is 9.69. The number of Topliss-reactive ketones (excluding diaryl/α,β-unsaturated/α-hetero) is 1. The number of methoxy groups -OCH3 is 1. The molecule has 0 amide bonds. The maximum Gasteiger partial charge on any atom is 0.168 e. The summed E-state index contributed by atoms with van der Waals surface area (Å²) in [6, 6.07) is -0.0339. The molecule has 1 heterocycles. The lowest BCUT2D eigenvalue weighted by molar-refractivity contribution is -0.123. The van der Waals surface area contributed by atoms with Gasteiger partial charge in [0.1, 0.15) is 5.84 Å². The van der Waals surface area contributed by atoms with Gasteiger partial charge in [-0.05, 0) is 31.8 Å². The standard InChI is InChI=1S/C15H21BrN2O2/c1-20-11-5-2-9(3-6-11)15-17-8-10-4-7-12(16)14(19)13(10)18-15/h5,9-10,12-13H,2-4,6-8H2,1H3,(H,17,18). The Kier molecular flexibility index (Phi) is 4.15. The molecular formula is C15H21BrN2O2. The Balaban J connectivity index is 1.69. The van der Waals surface area contributed by atoms with E-state index in [1.165, 1.54) is 0 Å². The fraction of sp³-hybridized carbons (Fsp3) is 0.733. The predicted octanol–water partition coefficient (Wildman–Crippen LogP) is 2.43. The van der Waals surface area contributed by atoms with Crippen molar-refractivity contribution in [3.63, 3.8) is 0 Å². The van der Waals surface area contributed by atoms with Crippen LogP contribution in [0.15, 0.2) is 16.8 Å². The second kappa shape index (κ2) is 5.88. The topological polar surface area (TPSA) is 50.7 Å². The highest BCUT2D eigenvalue weighted by atomic mass is 79.9. The zero-order valence-corrected chi connectivity index (χ0v) is 13.4. The highest BCUT2D eigenvalue weighted by Crippen LogP contribution is 2.31. The van der Waals surface area contributed by atoms with Crippen molar-refractivity contribution < 1.29 is 9.53 Å². The minimum Gasteiger partial charge on any atom is -0.501 e. The predicted molar refractivity (Wildman–Crippen MR) is 82.1 cm³/mol. The van der Waals surface area contributed by atoms with Crippen LogP contribution < -0.4 is 5.32 Å². The van der Waals surface area contributed by atoms with E-state index in [2.05, 4.69) is 27.3 Å². The van der Waals surface area contributed by atoms with E-state index in [1.54, 1.807) is 7.11 Å². The van der Waals surface area contributed by atoms with E-state index in [0.717, 1.165) is 50.2 Å². The molecule has 20 heavy (non-hydrogen) atoms. The third kappa shape index (κ3) is 2.65. The number of carbonyl (C=O) groups excluding carboxylic acids is 1. The van der Waals surface area contributed by atoms with Gasteiger partial charge in [-0.15, -0.1) is 0 Å². The first-order valence-corrected chi connectivity index (χ1v) is 8.32. The lowest BCUT2D eigenvalue weighted by Crippen LogP contribution is -2.56. The van der Waals surface area contributed by atoms with E-state index in [1.807, 2.05) is 0 Å². The summed E-state index contributed by atoms with van der Waals surface area (Å²) in [5.74, 6) is 3.21. The molecule has 0 aromatic rings. The van der Waals surface area contributed by atoms with Crippen LogP contribution in [0.2, 0.25) is 0 Å². The quantitative estimate of drug-likeness (QED) is 0.785. The Morgan fingerprint density at radius 1 is 1.40 bits per heavy atom. The number of ether oxygens (including phenoxy) is 1. The molecule has 1 fully saturated rings. The van der Waals surface area contributed by atoms with E-state index in [4.69, 9.17) is 9.73 Å². The first kappa shape index (κ1) is 14.1. The van der Waals surface area contributed by atoms with E-state index in [0.29, 0.717) is 17.6 Å². The molecule has 0 spiro atoms. The molecule has 3 rings (SSSR count). The number of fused-ring (bicyclic) bond motifs is 1. The Morgan fingerprint density at radius 3 is 2.95 bits per heavy atom. The van der Waals surface area contributed by atoms with E-state index < -0.39 is 0 Å². The minimum atomic E-state index is -0.0339. The fourth-order valence-corrected chi connectivity index (χ4v) is 3.94. The Bertz CT molecular complexity index is 461. The van der Waals surface area contributed by atoms with Crippen LogP contribution in [0.5, 0.6) is 0 Å². The number of allylic oxidation sites excluding steroid dienone is 2. The number of halogens is 1. The van der Waals surface area contributed by atoms with Crippen molar-refractivity contribution in [1.29, 1.82) is 0 Å². The molecule has 0 aromatic carbocycles. The van der Waals surface area contributed by atoms with Crippen LogP contribution in [0.1, 0.15) is 32.1 Å². The number of hydrogen-bond acceptors (Lipinski definition) is 4. The number of nitrogens with one attached hydrogen (secondary N) is 1. The van der Waals surface area contributed by atoms with Gasteiger partial charge in [0.05, 0.1) is 23.7 Å². The second-order valence-electron chi connectivity index (χ2n) is 5.90. The average Bonchev–Trinajstić information content (AvgIpc) is 2.51. The summed E-state index contributed by atoms with van der Waals surface area (Å²) in [7, 11) is 1.73. The van der Waals surface area contributed by atoms with Crippen LogP contribution in [0, 0.1) is 11.8 Å². The molecule has 1 saturated carbocycles. The van der Waals surface area contributed by atoms with Gasteiger partial charge < -0.3 is 10.1 Å². The number of carbonyl (C=O) groups is 1. The van der Waals surface area contributed by atoms with Gasteiger partial charge in [0.2, 0.25) is 0 Å². The van der Waals surface area contributed by atoms with Crippen molar-refractivity contribution in [1.82, 2.24) is 5.32 Å². The summed E-state index contributed by atoms with van der Waals surface area (Å²) in [5, 5.41) is 3.44. The normalized spacial score (nSPS) is 37.4.